The van der Waals surface area contributed by atoms with E-state index in [9.17, 15) is 9.90 Å². The number of halogens is 2. The fourth-order valence-electron chi connectivity index (χ4n) is 1.93. The molecule has 2 rings (SSSR count). The summed E-state index contributed by atoms with van der Waals surface area (Å²) in [6, 6.07) is 4.46. The number of rotatable bonds is 7. The standard InChI is InChI=1S/C16H19Cl2N3O2S2/c1-3-4-8-21(2)25-15-14(22)12(9-24-15)20-16(23)19-11-7-5-6-10(17)13(11)18/h5-7,9,22H,3-4,8H2,1-2H3,(H2,19,20,23). The monoisotopic (exact) mass is 419 g/mol. The summed E-state index contributed by atoms with van der Waals surface area (Å²) in [4.78, 5) is 12.1. The van der Waals surface area contributed by atoms with Crippen LogP contribution in [0.4, 0.5) is 16.2 Å². The van der Waals surface area contributed by atoms with Crippen molar-refractivity contribution in [2.45, 2.75) is 24.0 Å². The van der Waals surface area contributed by atoms with Gasteiger partial charge in [0.2, 0.25) is 0 Å². The first-order valence-electron chi connectivity index (χ1n) is 7.64. The summed E-state index contributed by atoms with van der Waals surface area (Å²) in [5.41, 5.74) is 0.752. The molecule has 0 radical (unpaired) electrons. The summed E-state index contributed by atoms with van der Waals surface area (Å²) < 4.78 is 2.79. The zero-order valence-electron chi connectivity index (χ0n) is 13.8. The molecule has 5 nitrogen and oxygen atoms in total. The van der Waals surface area contributed by atoms with Gasteiger partial charge >= 0.3 is 6.03 Å². The van der Waals surface area contributed by atoms with Crippen molar-refractivity contribution in [2.24, 2.45) is 0 Å². The van der Waals surface area contributed by atoms with Gasteiger partial charge in [-0.05, 0) is 37.5 Å². The lowest BCUT2D eigenvalue weighted by atomic mass is 10.3. The summed E-state index contributed by atoms with van der Waals surface area (Å²) in [6.45, 7) is 3.06. The molecule has 0 unspecified atom stereocenters. The SMILES string of the molecule is CCCCN(C)Sc1scc(NC(=O)Nc2cccc(Cl)c2Cl)c1O. The van der Waals surface area contributed by atoms with E-state index in [-0.39, 0.29) is 10.8 Å². The average molecular weight is 420 g/mol. The normalized spacial score (nSPS) is 10.9. The molecule has 25 heavy (non-hydrogen) atoms. The quantitative estimate of drug-likeness (QED) is 0.471. The van der Waals surface area contributed by atoms with Crippen molar-refractivity contribution in [3.63, 3.8) is 0 Å². The molecule has 9 heteroatoms. The zero-order valence-corrected chi connectivity index (χ0v) is 17.0. The molecule has 0 spiro atoms. The second-order valence-corrected chi connectivity index (χ2v) is 8.40. The maximum absolute atomic E-state index is 12.1. The average Bonchev–Trinajstić information content (AvgIpc) is 2.90. The van der Waals surface area contributed by atoms with E-state index in [2.05, 4.69) is 21.9 Å². The number of carbonyl (C=O) groups excluding carboxylic acids is 1. The molecule has 0 aliphatic heterocycles. The highest BCUT2D eigenvalue weighted by atomic mass is 35.5. The van der Waals surface area contributed by atoms with E-state index in [1.165, 1.54) is 23.3 Å². The van der Waals surface area contributed by atoms with Gasteiger partial charge < -0.3 is 15.7 Å². The third-order valence-electron chi connectivity index (χ3n) is 3.25. The van der Waals surface area contributed by atoms with Crippen LogP contribution in [-0.4, -0.2) is 29.0 Å². The number of benzene rings is 1. The van der Waals surface area contributed by atoms with Crippen LogP contribution in [0.5, 0.6) is 5.75 Å². The van der Waals surface area contributed by atoms with Gasteiger partial charge in [0.25, 0.3) is 0 Å². The van der Waals surface area contributed by atoms with Crippen LogP contribution in [-0.2, 0) is 0 Å². The maximum Gasteiger partial charge on any atom is 0.323 e. The lowest BCUT2D eigenvalue weighted by molar-refractivity contribution is 0.262. The van der Waals surface area contributed by atoms with E-state index in [0.717, 1.165) is 23.6 Å². The number of hydrogen-bond acceptors (Lipinski definition) is 5. The molecule has 1 aromatic carbocycles. The minimum Gasteiger partial charge on any atom is -0.504 e. The van der Waals surface area contributed by atoms with Crippen LogP contribution in [0.25, 0.3) is 0 Å². The minimum absolute atomic E-state index is 0.0608. The van der Waals surface area contributed by atoms with E-state index in [1.54, 1.807) is 23.6 Å². The van der Waals surface area contributed by atoms with Crippen molar-refractivity contribution in [3.8, 4) is 5.75 Å². The van der Waals surface area contributed by atoms with Gasteiger partial charge in [-0.25, -0.2) is 9.10 Å². The molecule has 0 atom stereocenters. The topological polar surface area (TPSA) is 64.6 Å². The summed E-state index contributed by atoms with van der Waals surface area (Å²) in [7, 11) is 1.97. The molecular weight excluding hydrogens is 401 g/mol. The Bertz CT molecular complexity index is 740. The van der Waals surface area contributed by atoms with Gasteiger partial charge in [-0.3, -0.25) is 0 Å². The van der Waals surface area contributed by atoms with Gasteiger partial charge in [-0.1, -0.05) is 42.6 Å². The predicted molar refractivity (Wildman–Crippen MR) is 108 cm³/mol. The number of nitrogens with zero attached hydrogens (tertiary/aromatic N) is 1. The van der Waals surface area contributed by atoms with Crippen molar-refractivity contribution in [3.05, 3.63) is 33.6 Å². The van der Waals surface area contributed by atoms with Crippen LogP contribution < -0.4 is 10.6 Å². The molecule has 136 valence electrons. The van der Waals surface area contributed by atoms with E-state index < -0.39 is 6.03 Å². The van der Waals surface area contributed by atoms with E-state index in [0.29, 0.717) is 16.4 Å². The molecule has 0 aliphatic rings. The van der Waals surface area contributed by atoms with Crippen molar-refractivity contribution in [2.75, 3.05) is 24.2 Å². The molecule has 0 fully saturated rings. The summed E-state index contributed by atoms with van der Waals surface area (Å²) in [5, 5.41) is 17.8. The Kier molecular flexibility index (Phi) is 7.71. The fourth-order valence-corrected chi connectivity index (χ4v) is 4.29. The number of amides is 2. The largest absolute Gasteiger partial charge is 0.504 e. The van der Waals surface area contributed by atoms with Crippen molar-refractivity contribution in [1.82, 2.24) is 4.31 Å². The van der Waals surface area contributed by atoms with Gasteiger partial charge in [0, 0.05) is 11.9 Å². The van der Waals surface area contributed by atoms with Gasteiger partial charge in [0.15, 0.2) is 5.75 Å². The molecule has 1 aromatic heterocycles. The molecule has 0 bridgehead atoms. The number of hydrogen-bond donors (Lipinski definition) is 3. The van der Waals surface area contributed by atoms with Crippen LogP contribution in [0.3, 0.4) is 0 Å². The zero-order chi connectivity index (χ0) is 18.4. The third-order valence-corrected chi connectivity index (χ3v) is 6.19. The number of anilines is 2. The van der Waals surface area contributed by atoms with Crippen LogP contribution in [0.2, 0.25) is 10.0 Å². The molecular formula is C16H19Cl2N3O2S2. The lowest BCUT2D eigenvalue weighted by Crippen LogP contribution is -2.19. The number of thiophene rings is 1. The number of urea groups is 1. The van der Waals surface area contributed by atoms with Crippen LogP contribution in [0.15, 0.2) is 27.8 Å². The summed E-state index contributed by atoms with van der Waals surface area (Å²) in [5.74, 6) is 0.0608. The van der Waals surface area contributed by atoms with Crippen molar-refractivity contribution < 1.29 is 9.90 Å². The molecule has 0 saturated carbocycles. The first kappa shape index (κ1) is 20.2. The van der Waals surface area contributed by atoms with E-state index >= 15 is 0 Å². The smallest absolute Gasteiger partial charge is 0.323 e. The van der Waals surface area contributed by atoms with Crippen molar-refractivity contribution >= 4 is 63.9 Å². The highest BCUT2D eigenvalue weighted by Crippen LogP contribution is 2.42. The van der Waals surface area contributed by atoms with Gasteiger partial charge in [-0.15, -0.1) is 11.3 Å². The molecule has 3 N–H and O–H groups in total. The van der Waals surface area contributed by atoms with Gasteiger partial charge in [0.1, 0.15) is 4.21 Å². The number of carbonyl (C=O) groups is 1. The molecule has 2 aromatic rings. The first-order chi connectivity index (χ1) is 11.9. The Balaban J connectivity index is 1.98. The Morgan fingerprint density at radius 3 is 2.76 bits per heavy atom. The maximum atomic E-state index is 12.1. The lowest BCUT2D eigenvalue weighted by Gasteiger charge is -2.13. The molecule has 2 amide bonds. The van der Waals surface area contributed by atoms with E-state index in [4.69, 9.17) is 23.2 Å². The molecule has 0 aliphatic carbocycles. The molecule has 1 heterocycles. The fraction of sp³-hybridized carbons (Fsp3) is 0.312. The highest BCUT2D eigenvalue weighted by Gasteiger charge is 2.16. The third kappa shape index (κ3) is 5.69. The Labute approximate surface area is 165 Å². The number of nitrogens with one attached hydrogen (secondary N) is 2. The first-order valence-corrected chi connectivity index (χ1v) is 10.0. The van der Waals surface area contributed by atoms with Gasteiger partial charge in [0.05, 0.1) is 21.4 Å². The predicted octanol–water partition coefficient (Wildman–Crippen LogP) is 6.14. The second-order valence-electron chi connectivity index (χ2n) is 5.26. The Morgan fingerprint density at radius 2 is 2.04 bits per heavy atom. The number of aromatic hydroxyl groups is 1. The number of unbranched alkanes of at least 4 members (excludes halogenated alkanes) is 1. The van der Waals surface area contributed by atoms with Crippen LogP contribution in [0.1, 0.15) is 19.8 Å². The minimum atomic E-state index is -0.506. The summed E-state index contributed by atoms with van der Waals surface area (Å²) >= 11 is 14.8. The summed E-state index contributed by atoms with van der Waals surface area (Å²) in [6.07, 6.45) is 2.20. The van der Waals surface area contributed by atoms with Gasteiger partial charge in [-0.2, -0.15) is 0 Å². The molecule has 0 saturated heterocycles. The van der Waals surface area contributed by atoms with Crippen molar-refractivity contribution in [1.29, 1.82) is 0 Å². The highest BCUT2D eigenvalue weighted by molar-refractivity contribution is 7.99. The Morgan fingerprint density at radius 1 is 1.32 bits per heavy atom. The Hall–Kier alpha value is -1.12. The van der Waals surface area contributed by atoms with Crippen LogP contribution in [0, 0.1) is 0 Å². The van der Waals surface area contributed by atoms with Crippen LogP contribution >= 0.6 is 46.5 Å². The second kappa shape index (κ2) is 9.54. The van der Waals surface area contributed by atoms with E-state index in [1.807, 2.05) is 7.05 Å².